The normalized spacial score (nSPS) is 10.8. The van der Waals surface area contributed by atoms with E-state index in [1.54, 1.807) is 16.9 Å². The van der Waals surface area contributed by atoms with Crippen molar-refractivity contribution in [2.45, 2.75) is 13.8 Å². The monoisotopic (exact) mass is 268 g/mol. The minimum absolute atomic E-state index is 0.260. The van der Waals surface area contributed by atoms with Gasteiger partial charge in [0, 0.05) is 23.5 Å². The Labute approximate surface area is 115 Å². The van der Waals surface area contributed by atoms with Crippen LogP contribution in [0.2, 0.25) is 0 Å². The van der Waals surface area contributed by atoms with Gasteiger partial charge in [-0.2, -0.15) is 5.10 Å². The maximum atomic E-state index is 13.2. The van der Waals surface area contributed by atoms with E-state index in [1.807, 2.05) is 32.2 Å². The highest BCUT2D eigenvalue weighted by atomic mass is 19.1. The van der Waals surface area contributed by atoms with E-state index in [0.717, 1.165) is 16.8 Å². The summed E-state index contributed by atoms with van der Waals surface area (Å²) >= 11 is 0. The van der Waals surface area contributed by atoms with Crippen LogP contribution in [0.25, 0.3) is 16.9 Å². The van der Waals surface area contributed by atoms with Gasteiger partial charge in [-0.15, -0.1) is 0 Å². The topological polar surface area (TPSA) is 43.6 Å². The Kier molecular flexibility index (Phi) is 3.02. The zero-order valence-electron chi connectivity index (χ0n) is 11.2. The molecule has 1 aromatic carbocycles. The van der Waals surface area contributed by atoms with Gasteiger partial charge in [-0.3, -0.25) is 0 Å². The van der Waals surface area contributed by atoms with Crippen molar-refractivity contribution in [1.29, 1.82) is 0 Å². The van der Waals surface area contributed by atoms with E-state index >= 15 is 0 Å². The number of hydrogen-bond donors (Lipinski definition) is 0. The molecule has 0 amide bonds. The summed E-state index contributed by atoms with van der Waals surface area (Å²) in [7, 11) is 0. The first kappa shape index (κ1) is 12.5. The van der Waals surface area contributed by atoms with Gasteiger partial charge in [-0.05, 0) is 31.5 Å². The third-order valence-corrected chi connectivity index (χ3v) is 2.93. The minimum atomic E-state index is -0.260. The van der Waals surface area contributed by atoms with Crippen LogP contribution in [0.15, 0.2) is 42.7 Å². The largest absolute Gasteiger partial charge is 0.238 e. The van der Waals surface area contributed by atoms with Crippen molar-refractivity contribution in [2.24, 2.45) is 0 Å². The van der Waals surface area contributed by atoms with Gasteiger partial charge in [0.15, 0.2) is 5.82 Å². The lowest BCUT2D eigenvalue weighted by Gasteiger charge is -2.02. The van der Waals surface area contributed by atoms with Crippen molar-refractivity contribution in [3.63, 3.8) is 0 Å². The zero-order valence-corrected chi connectivity index (χ0v) is 11.2. The lowest BCUT2D eigenvalue weighted by atomic mass is 10.1. The van der Waals surface area contributed by atoms with Gasteiger partial charge in [0.25, 0.3) is 0 Å². The molecule has 3 rings (SSSR count). The Bertz CT molecular complexity index is 744. The number of rotatable bonds is 2. The molecule has 3 aromatic rings. The first-order valence-corrected chi connectivity index (χ1v) is 6.25. The lowest BCUT2D eigenvalue weighted by molar-refractivity contribution is 0.628. The van der Waals surface area contributed by atoms with Gasteiger partial charge in [0.1, 0.15) is 11.6 Å². The summed E-state index contributed by atoms with van der Waals surface area (Å²) in [5.74, 6) is 1.14. The number of aryl methyl sites for hydroxylation is 2. The molecule has 0 aliphatic heterocycles. The third-order valence-electron chi connectivity index (χ3n) is 2.93. The van der Waals surface area contributed by atoms with Gasteiger partial charge in [-0.25, -0.2) is 19.0 Å². The Morgan fingerprint density at radius 2 is 1.90 bits per heavy atom. The molecule has 0 radical (unpaired) electrons. The van der Waals surface area contributed by atoms with Gasteiger partial charge < -0.3 is 0 Å². The standard InChI is InChI=1S/C15H13FN4/c1-10-6-15(19-11(2)18-10)20-9-13(8-17-20)12-4-3-5-14(16)7-12/h3-9H,1-2H3. The Morgan fingerprint density at radius 3 is 2.65 bits per heavy atom. The Balaban J connectivity index is 2.02. The van der Waals surface area contributed by atoms with Crippen LogP contribution < -0.4 is 0 Å². The molecule has 100 valence electrons. The quantitative estimate of drug-likeness (QED) is 0.717. The van der Waals surface area contributed by atoms with Gasteiger partial charge in [-0.1, -0.05) is 12.1 Å². The maximum Gasteiger partial charge on any atom is 0.157 e. The van der Waals surface area contributed by atoms with Crippen molar-refractivity contribution in [2.75, 3.05) is 0 Å². The maximum absolute atomic E-state index is 13.2. The summed E-state index contributed by atoms with van der Waals surface area (Å²) in [6, 6.07) is 8.29. The van der Waals surface area contributed by atoms with Crippen molar-refractivity contribution < 1.29 is 4.39 Å². The summed E-state index contributed by atoms with van der Waals surface area (Å²) in [6.45, 7) is 3.75. The van der Waals surface area contributed by atoms with E-state index in [4.69, 9.17) is 0 Å². The number of aromatic nitrogens is 4. The molecule has 5 heteroatoms. The van der Waals surface area contributed by atoms with Crippen molar-refractivity contribution in [3.8, 4) is 16.9 Å². The molecule has 4 nitrogen and oxygen atoms in total. The number of benzene rings is 1. The van der Waals surface area contributed by atoms with Gasteiger partial charge in [0.05, 0.1) is 6.20 Å². The molecule has 0 aliphatic carbocycles. The van der Waals surface area contributed by atoms with Crippen LogP contribution in [0.4, 0.5) is 4.39 Å². The summed E-state index contributed by atoms with van der Waals surface area (Å²) in [4.78, 5) is 8.58. The fourth-order valence-electron chi connectivity index (χ4n) is 2.08. The SMILES string of the molecule is Cc1cc(-n2cc(-c3cccc(F)c3)cn2)nc(C)n1. The molecule has 0 aliphatic rings. The molecule has 0 N–H and O–H groups in total. The lowest BCUT2D eigenvalue weighted by Crippen LogP contribution is -2.02. The molecule has 0 spiro atoms. The van der Waals surface area contributed by atoms with Crippen LogP contribution in [0.5, 0.6) is 0 Å². The van der Waals surface area contributed by atoms with Gasteiger partial charge >= 0.3 is 0 Å². The van der Waals surface area contributed by atoms with Crippen LogP contribution in [-0.2, 0) is 0 Å². The highest BCUT2D eigenvalue weighted by molar-refractivity contribution is 5.62. The summed E-state index contributed by atoms with van der Waals surface area (Å²) in [6.07, 6.45) is 3.53. The second-order valence-electron chi connectivity index (χ2n) is 4.60. The second kappa shape index (κ2) is 4.85. The highest BCUT2D eigenvalue weighted by Gasteiger charge is 2.06. The van der Waals surface area contributed by atoms with E-state index in [9.17, 15) is 4.39 Å². The summed E-state index contributed by atoms with van der Waals surface area (Å²) < 4.78 is 14.9. The van der Waals surface area contributed by atoms with Gasteiger partial charge in [0.2, 0.25) is 0 Å². The zero-order chi connectivity index (χ0) is 14.1. The molecule has 0 unspecified atom stereocenters. The molecule has 0 saturated carbocycles. The average molecular weight is 268 g/mol. The van der Waals surface area contributed by atoms with Crippen LogP contribution >= 0.6 is 0 Å². The molecule has 20 heavy (non-hydrogen) atoms. The predicted octanol–water partition coefficient (Wildman–Crippen LogP) is 3.09. The van der Waals surface area contributed by atoms with E-state index in [0.29, 0.717) is 11.6 Å². The smallest absolute Gasteiger partial charge is 0.157 e. The van der Waals surface area contributed by atoms with Crippen LogP contribution in [0, 0.1) is 19.7 Å². The molecule has 0 atom stereocenters. The molecule has 2 heterocycles. The van der Waals surface area contributed by atoms with E-state index in [-0.39, 0.29) is 5.82 Å². The molecule has 0 saturated heterocycles. The fraction of sp³-hybridized carbons (Fsp3) is 0.133. The van der Waals surface area contributed by atoms with Crippen molar-refractivity contribution >= 4 is 0 Å². The van der Waals surface area contributed by atoms with E-state index in [2.05, 4.69) is 15.1 Å². The Morgan fingerprint density at radius 1 is 1.05 bits per heavy atom. The highest BCUT2D eigenvalue weighted by Crippen LogP contribution is 2.20. The fourth-order valence-corrected chi connectivity index (χ4v) is 2.08. The Hall–Kier alpha value is -2.56. The molecule has 2 aromatic heterocycles. The summed E-state index contributed by atoms with van der Waals surface area (Å²) in [5, 5.41) is 4.28. The average Bonchev–Trinajstić information content (AvgIpc) is 2.87. The van der Waals surface area contributed by atoms with Crippen molar-refractivity contribution in [3.05, 3.63) is 60.1 Å². The minimum Gasteiger partial charge on any atom is -0.238 e. The first-order chi connectivity index (χ1) is 9.61. The first-order valence-electron chi connectivity index (χ1n) is 6.25. The van der Waals surface area contributed by atoms with Crippen LogP contribution in [-0.4, -0.2) is 19.7 Å². The van der Waals surface area contributed by atoms with Crippen LogP contribution in [0.3, 0.4) is 0 Å². The van der Waals surface area contributed by atoms with Crippen molar-refractivity contribution in [1.82, 2.24) is 19.7 Å². The third kappa shape index (κ3) is 2.42. The number of halogens is 1. The predicted molar refractivity (Wildman–Crippen MR) is 74.0 cm³/mol. The van der Waals surface area contributed by atoms with E-state index in [1.165, 1.54) is 12.1 Å². The van der Waals surface area contributed by atoms with Crippen LogP contribution in [0.1, 0.15) is 11.5 Å². The number of hydrogen-bond acceptors (Lipinski definition) is 3. The van der Waals surface area contributed by atoms with E-state index < -0.39 is 0 Å². The second-order valence-corrected chi connectivity index (χ2v) is 4.60. The molecule has 0 bridgehead atoms. The molecular formula is C15H13FN4. The number of nitrogens with zero attached hydrogens (tertiary/aromatic N) is 4. The molecule has 0 fully saturated rings. The summed E-state index contributed by atoms with van der Waals surface area (Å²) in [5.41, 5.74) is 2.52. The molecular weight excluding hydrogens is 255 g/mol.